The molecule has 0 aromatic heterocycles. The first kappa shape index (κ1) is 26.5. The zero-order valence-electron chi connectivity index (χ0n) is 21.2. The molecule has 0 radical (unpaired) electrons. The van der Waals surface area contributed by atoms with Crippen molar-refractivity contribution in [2.45, 2.75) is 25.3 Å². The maximum atomic E-state index is 13.0. The van der Waals surface area contributed by atoms with Gasteiger partial charge in [-0.2, -0.15) is 4.31 Å². The van der Waals surface area contributed by atoms with Gasteiger partial charge in [-0.1, -0.05) is 35.9 Å². The molecular formula is C28H31N3O5S. The minimum atomic E-state index is -3.51. The smallest absolute Gasteiger partial charge is 0.338 e. The molecule has 37 heavy (non-hydrogen) atoms. The molecule has 0 saturated carbocycles. The highest BCUT2D eigenvalue weighted by Crippen LogP contribution is 2.22. The average Bonchev–Trinajstić information content (AvgIpc) is 2.90. The van der Waals surface area contributed by atoms with E-state index >= 15 is 0 Å². The summed E-state index contributed by atoms with van der Waals surface area (Å²) in [7, 11) is -2.19. The molecular weight excluding hydrogens is 490 g/mol. The van der Waals surface area contributed by atoms with Gasteiger partial charge in [0.2, 0.25) is 10.0 Å². The number of esters is 1. The Morgan fingerprint density at radius 2 is 1.59 bits per heavy atom. The van der Waals surface area contributed by atoms with E-state index in [0.717, 1.165) is 11.1 Å². The number of nitrogens with one attached hydrogen (secondary N) is 1. The number of carbonyl (C=O) groups is 2. The first-order valence-electron chi connectivity index (χ1n) is 12.1. The van der Waals surface area contributed by atoms with E-state index in [-0.39, 0.29) is 5.91 Å². The molecule has 9 heteroatoms. The molecule has 0 aliphatic carbocycles. The minimum Gasteiger partial charge on any atom is -0.465 e. The number of hydrogen-bond donors (Lipinski definition) is 1. The maximum Gasteiger partial charge on any atom is 0.338 e. The first-order valence-corrected chi connectivity index (χ1v) is 13.5. The summed E-state index contributed by atoms with van der Waals surface area (Å²) in [6.07, 6.45) is 0. The Hall–Kier alpha value is -3.53. The average molecular weight is 522 g/mol. The van der Waals surface area contributed by atoms with Gasteiger partial charge in [0.05, 0.1) is 17.6 Å². The van der Waals surface area contributed by atoms with Crippen molar-refractivity contribution in [2.75, 3.05) is 38.6 Å². The van der Waals surface area contributed by atoms with Gasteiger partial charge in [0.15, 0.2) is 0 Å². The van der Waals surface area contributed by atoms with Gasteiger partial charge in [-0.25, -0.2) is 13.2 Å². The van der Waals surface area contributed by atoms with Crippen molar-refractivity contribution in [3.8, 4) is 0 Å². The number of piperazine rings is 1. The summed E-state index contributed by atoms with van der Waals surface area (Å²) in [4.78, 5) is 27.4. The van der Waals surface area contributed by atoms with E-state index in [1.54, 1.807) is 43.3 Å². The molecule has 3 aromatic carbocycles. The standard InChI is InChI=1S/C28H31N3O5S/c1-20-10-12-24(13-11-20)37(34,35)31-16-14-30(15-17-31)19-22-6-4-7-23(18-22)27(32)29-26-9-5-8-25(21(26)2)28(33)36-3/h4-13,18H,14-17,19H2,1-3H3,(H,29,32). The van der Waals surface area contributed by atoms with Crippen LogP contribution in [-0.2, 0) is 21.3 Å². The molecule has 1 aliphatic rings. The van der Waals surface area contributed by atoms with Crippen LogP contribution in [0.2, 0.25) is 0 Å². The Balaban J connectivity index is 1.38. The molecule has 1 N–H and O–H groups in total. The molecule has 8 nitrogen and oxygen atoms in total. The zero-order valence-corrected chi connectivity index (χ0v) is 22.0. The lowest BCUT2D eigenvalue weighted by Gasteiger charge is -2.34. The third-order valence-corrected chi connectivity index (χ3v) is 8.49. The van der Waals surface area contributed by atoms with Crippen molar-refractivity contribution >= 4 is 27.6 Å². The normalized spacial score (nSPS) is 14.8. The van der Waals surface area contributed by atoms with E-state index in [2.05, 4.69) is 10.2 Å². The van der Waals surface area contributed by atoms with Gasteiger partial charge in [-0.3, -0.25) is 9.69 Å². The summed E-state index contributed by atoms with van der Waals surface area (Å²) in [5.41, 5.74) is 4.06. The van der Waals surface area contributed by atoms with E-state index in [4.69, 9.17) is 4.74 Å². The Morgan fingerprint density at radius 3 is 2.27 bits per heavy atom. The van der Waals surface area contributed by atoms with Crippen molar-refractivity contribution in [1.82, 2.24) is 9.21 Å². The van der Waals surface area contributed by atoms with E-state index in [0.29, 0.717) is 60.0 Å². The van der Waals surface area contributed by atoms with Crippen molar-refractivity contribution in [3.05, 3.63) is 94.5 Å². The number of nitrogens with zero attached hydrogens (tertiary/aromatic N) is 2. The van der Waals surface area contributed by atoms with Crippen LogP contribution < -0.4 is 5.32 Å². The molecule has 0 unspecified atom stereocenters. The van der Waals surface area contributed by atoms with Gasteiger partial charge in [0, 0.05) is 44.0 Å². The van der Waals surface area contributed by atoms with Crippen molar-refractivity contribution < 1.29 is 22.7 Å². The number of ether oxygens (including phenoxy) is 1. The number of sulfonamides is 1. The molecule has 194 valence electrons. The largest absolute Gasteiger partial charge is 0.465 e. The lowest BCUT2D eigenvalue weighted by molar-refractivity contribution is 0.0599. The van der Waals surface area contributed by atoms with Crippen LogP contribution in [0.1, 0.15) is 37.4 Å². The second-order valence-electron chi connectivity index (χ2n) is 9.12. The Bertz CT molecular complexity index is 1400. The number of hydrogen-bond acceptors (Lipinski definition) is 6. The highest BCUT2D eigenvalue weighted by molar-refractivity contribution is 7.89. The van der Waals surface area contributed by atoms with E-state index in [9.17, 15) is 18.0 Å². The third-order valence-electron chi connectivity index (χ3n) is 6.57. The Morgan fingerprint density at radius 1 is 0.919 bits per heavy atom. The SMILES string of the molecule is COC(=O)c1cccc(NC(=O)c2cccc(CN3CCN(S(=O)(=O)c4ccc(C)cc4)CC3)c2)c1C. The van der Waals surface area contributed by atoms with Crippen molar-refractivity contribution in [3.63, 3.8) is 0 Å². The minimum absolute atomic E-state index is 0.277. The summed E-state index contributed by atoms with van der Waals surface area (Å²) < 4.78 is 32.3. The van der Waals surface area contributed by atoms with E-state index in [1.807, 2.05) is 37.3 Å². The third kappa shape index (κ3) is 6.07. The quantitative estimate of drug-likeness (QED) is 0.475. The highest BCUT2D eigenvalue weighted by atomic mass is 32.2. The molecule has 1 saturated heterocycles. The van der Waals surface area contributed by atoms with Gasteiger partial charge in [0.1, 0.15) is 0 Å². The number of benzene rings is 3. The molecule has 0 bridgehead atoms. The van der Waals surface area contributed by atoms with Crippen LogP contribution in [-0.4, -0.2) is 62.8 Å². The molecule has 0 atom stereocenters. The number of carbonyl (C=O) groups excluding carboxylic acids is 2. The number of amides is 1. The summed E-state index contributed by atoms with van der Waals surface area (Å²) >= 11 is 0. The molecule has 1 fully saturated rings. The van der Waals surface area contributed by atoms with Gasteiger partial charge in [-0.05, 0) is 61.4 Å². The number of aryl methyl sites for hydroxylation is 1. The van der Waals surface area contributed by atoms with Gasteiger partial charge < -0.3 is 10.1 Å². The summed E-state index contributed by atoms with van der Waals surface area (Å²) in [5.74, 6) is -0.733. The molecule has 1 heterocycles. The van der Waals surface area contributed by atoms with Crippen LogP contribution in [0.3, 0.4) is 0 Å². The summed E-state index contributed by atoms with van der Waals surface area (Å²) in [6, 6.07) is 19.4. The predicted molar refractivity (Wildman–Crippen MR) is 142 cm³/mol. The van der Waals surface area contributed by atoms with E-state index < -0.39 is 16.0 Å². The van der Waals surface area contributed by atoms with Crippen molar-refractivity contribution in [1.29, 1.82) is 0 Å². The lowest BCUT2D eigenvalue weighted by Crippen LogP contribution is -2.48. The fourth-order valence-corrected chi connectivity index (χ4v) is 5.78. The van der Waals surface area contributed by atoms with Gasteiger partial charge in [-0.15, -0.1) is 0 Å². The Labute approximate surface area is 217 Å². The van der Waals surface area contributed by atoms with Crippen LogP contribution in [0.15, 0.2) is 71.6 Å². The topological polar surface area (TPSA) is 96.0 Å². The molecule has 1 amide bonds. The second kappa shape index (κ2) is 11.2. The van der Waals surface area contributed by atoms with Gasteiger partial charge in [0.25, 0.3) is 5.91 Å². The van der Waals surface area contributed by atoms with Gasteiger partial charge >= 0.3 is 5.97 Å². The first-order chi connectivity index (χ1) is 17.7. The molecule has 0 spiro atoms. The van der Waals surface area contributed by atoms with Crippen molar-refractivity contribution in [2.24, 2.45) is 0 Å². The van der Waals surface area contributed by atoms with Crippen LogP contribution in [0.5, 0.6) is 0 Å². The zero-order chi connectivity index (χ0) is 26.6. The number of anilines is 1. The summed E-state index contributed by atoms with van der Waals surface area (Å²) in [5, 5.41) is 2.88. The van der Waals surface area contributed by atoms with Crippen LogP contribution in [0, 0.1) is 13.8 Å². The fraction of sp³-hybridized carbons (Fsp3) is 0.286. The molecule has 4 rings (SSSR count). The predicted octanol–water partition coefficient (Wildman–Crippen LogP) is 3.85. The van der Waals surface area contributed by atoms with Crippen LogP contribution >= 0.6 is 0 Å². The number of methoxy groups -OCH3 is 1. The monoisotopic (exact) mass is 521 g/mol. The summed E-state index contributed by atoms with van der Waals surface area (Å²) in [6.45, 7) is 6.31. The molecule has 3 aromatic rings. The highest BCUT2D eigenvalue weighted by Gasteiger charge is 2.28. The number of rotatable bonds is 7. The Kier molecular flexibility index (Phi) is 8.06. The molecule has 1 aliphatic heterocycles. The second-order valence-corrected chi connectivity index (χ2v) is 11.1. The van der Waals surface area contributed by atoms with Crippen LogP contribution in [0.25, 0.3) is 0 Å². The fourth-order valence-electron chi connectivity index (χ4n) is 4.35. The van der Waals surface area contributed by atoms with E-state index in [1.165, 1.54) is 11.4 Å². The maximum absolute atomic E-state index is 13.0. The van der Waals surface area contributed by atoms with Crippen LogP contribution in [0.4, 0.5) is 5.69 Å². The lowest BCUT2D eigenvalue weighted by atomic mass is 10.1.